The van der Waals surface area contributed by atoms with Crippen molar-refractivity contribution >= 4 is 43.8 Å². The number of hydrogen-bond acceptors (Lipinski definition) is 8. The molecule has 2 aromatic carbocycles. The van der Waals surface area contributed by atoms with Crippen LogP contribution in [0.25, 0.3) is 33.4 Å². The van der Waals surface area contributed by atoms with E-state index in [4.69, 9.17) is 27.3 Å². The molecule has 0 unspecified atom stereocenters. The first kappa shape index (κ1) is 23.7. The maximum Gasteiger partial charge on any atom is 0.177 e. The van der Waals surface area contributed by atoms with E-state index in [0.717, 1.165) is 28.3 Å². The zero-order valence-corrected chi connectivity index (χ0v) is 20.8. The Kier molecular flexibility index (Phi) is 6.29. The number of pyridine rings is 1. The van der Waals surface area contributed by atoms with Crippen LogP contribution < -0.4 is 11.1 Å². The van der Waals surface area contributed by atoms with Crippen molar-refractivity contribution in [3.8, 4) is 22.5 Å². The van der Waals surface area contributed by atoms with E-state index in [0.29, 0.717) is 46.6 Å². The molecule has 0 radical (unpaired) electrons. The van der Waals surface area contributed by atoms with Crippen molar-refractivity contribution in [2.45, 2.75) is 11.3 Å². The van der Waals surface area contributed by atoms with E-state index >= 15 is 0 Å². The van der Waals surface area contributed by atoms with Crippen molar-refractivity contribution in [1.82, 2.24) is 25.1 Å². The number of anilines is 2. The molecule has 0 saturated carbocycles. The van der Waals surface area contributed by atoms with Crippen LogP contribution in [-0.2, 0) is 16.3 Å². The Hall–Kier alpha value is -4.02. The average Bonchev–Trinajstić information content (AvgIpc) is 3.34. The van der Waals surface area contributed by atoms with Crippen molar-refractivity contribution in [2.75, 3.05) is 23.9 Å². The predicted molar refractivity (Wildman–Crippen MR) is 142 cm³/mol. The fraction of sp³-hybridized carbons (Fsp3) is 0.120. The summed E-state index contributed by atoms with van der Waals surface area (Å²) in [5.74, 6) is 0.318. The number of fused-ring (bicyclic) bond motifs is 1. The van der Waals surface area contributed by atoms with Gasteiger partial charge >= 0.3 is 0 Å². The molecule has 0 aliphatic heterocycles. The minimum Gasteiger partial charge on any atom is -0.383 e. The fourth-order valence-electron chi connectivity index (χ4n) is 3.86. The summed E-state index contributed by atoms with van der Waals surface area (Å²) in [5.41, 5.74) is 11.2. The second-order valence-corrected chi connectivity index (χ2v) is 10.7. The highest BCUT2D eigenvalue weighted by atomic mass is 35.5. The average molecular weight is 520 g/mol. The molecule has 0 spiro atoms. The molecule has 182 valence electrons. The topological polar surface area (TPSA) is 140 Å². The van der Waals surface area contributed by atoms with Gasteiger partial charge in [-0.2, -0.15) is 5.10 Å². The number of aromatic amines is 1. The van der Waals surface area contributed by atoms with Gasteiger partial charge < -0.3 is 11.1 Å². The van der Waals surface area contributed by atoms with Crippen LogP contribution in [0.3, 0.4) is 0 Å². The molecule has 0 fully saturated rings. The molecule has 5 aromatic rings. The third-order valence-electron chi connectivity index (χ3n) is 5.65. The molecule has 0 aliphatic carbocycles. The number of hydrogen-bond donors (Lipinski definition) is 3. The summed E-state index contributed by atoms with van der Waals surface area (Å²) in [6.07, 6.45) is 6.19. The number of H-pyrrole nitrogens is 1. The maximum atomic E-state index is 11.8. The lowest BCUT2D eigenvalue weighted by Gasteiger charge is -2.14. The standard InChI is InChI=1S/C25H22ClN7O2S/c1-36(34,35)19-11-18(13-28-14-19)29-8-7-21-25(27)32-23(15-5-3-2-4-6-15)24(31-21)16-9-17-12-30-33-22(17)20(26)10-16/h2-6,9-14,29H,7-8H2,1H3,(H2,27,32)(H,30,33). The number of nitrogens with one attached hydrogen (secondary N) is 2. The highest BCUT2D eigenvalue weighted by Crippen LogP contribution is 2.35. The molecule has 0 atom stereocenters. The van der Waals surface area contributed by atoms with Crippen molar-refractivity contribution in [2.24, 2.45) is 0 Å². The van der Waals surface area contributed by atoms with E-state index in [1.807, 2.05) is 42.5 Å². The summed E-state index contributed by atoms with van der Waals surface area (Å²) >= 11 is 6.52. The quantitative estimate of drug-likeness (QED) is 0.288. The van der Waals surface area contributed by atoms with Crippen molar-refractivity contribution in [3.05, 3.63) is 77.8 Å². The Morgan fingerprint density at radius 3 is 2.56 bits per heavy atom. The maximum absolute atomic E-state index is 11.8. The van der Waals surface area contributed by atoms with Crippen LogP contribution in [-0.4, -0.2) is 46.4 Å². The lowest BCUT2D eigenvalue weighted by Crippen LogP contribution is -2.11. The van der Waals surface area contributed by atoms with Crippen LogP contribution in [0.5, 0.6) is 0 Å². The molecular formula is C25H22ClN7O2S. The normalized spacial score (nSPS) is 11.6. The number of nitrogen functional groups attached to an aromatic ring is 1. The molecule has 3 heterocycles. The van der Waals surface area contributed by atoms with Gasteiger partial charge in [-0.05, 0) is 18.2 Å². The van der Waals surface area contributed by atoms with Gasteiger partial charge in [-0.15, -0.1) is 0 Å². The fourth-order valence-corrected chi connectivity index (χ4v) is 4.72. The highest BCUT2D eigenvalue weighted by Gasteiger charge is 2.17. The first-order chi connectivity index (χ1) is 17.3. The molecule has 4 N–H and O–H groups in total. The van der Waals surface area contributed by atoms with E-state index in [2.05, 4.69) is 20.5 Å². The van der Waals surface area contributed by atoms with Crippen LogP contribution in [0.2, 0.25) is 5.02 Å². The van der Waals surface area contributed by atoms with E-state index in [9.17, 15) is 8.42 Å². The number of sulfone groups is 1. The summed E-state index contributed by atoms with van der Waals surface area (Å²) in [4.78, 5) is 13.8. The van der Waals surface area contributed by atoms with Gasteiger partial charge in [0.15, 0.2) is 9.84 Å². The van der Waals surface area contributed by atoms with E-state index < -0.39 is 9.84 Å². The molecule has 0 saturated heterocycles. The Morgan fingerprint density at radius 2 is 1.78 bits per heavy atom. The first-order valence-electron chi connectivity index (χ1n) is 11.0. The molecule has 9 nitrogen and oxygen atoms in total. The summed E-state index contributed by atoms with van der Waals surface area (Å²) in [6, 6.07) is 15.0. The Labute approximate surface area is 212 Å². The van der Waals surface area contributed by atoms with Crippen LogP contribution in [0, 0.1) is 0 Å². The van der Waals surface area contributed by atoms with Crippen LogP contribution in [0.15, 0.2) is 72.0 Å². The van der Waals surface area contributed by atoms with Gasteiger partial charge in [0.1, 0.15) is 5.82 Å². The van der Waals surface area contributed by atoms with Crippen molar-refractivity contribution < 1.29 is 8.42 Å². The molecule has 0 amide bonds. The lowest BCUT2D eigenvalue weighted by atomic mass is 10.0. The van der Waals surface area contributed by atoms with Gasteiger partial charge in [-0.3, -0.25) is 10.1 Å². The Bertz CT molecular complexity index is 1670. The number of aromatic nitrogens is 5. The summed E-state index contributed by atoms with van der Waals surface area (Å²) in [7, 11) is -3.35. The molecule has 36 heavy (non-hydrogen) atoms. The Morgan fingerprint density at radius 1 is 1.00 bits per heavy atom. The number of halogens is 1. The molecule has 0 bridgehead atoms. The SMILES string of the molecule is CS(=O)(=O)c1cncc(NCCc2nc(-c3cc(Cl)c4[nH]ncc4c3)c(-c3ccccc3)nc2N)c1. The minimum atomic E-state index is -3.35. The van der Waals surface area contributed by atoms with Gasteiger partial charge in [-0.25, -0.2) is 18.4 Å². The smallest absolute Gasteiger partial charge is 0.177 e. The minimum absolute atomic E-state index is 0.146. The zero-order chi connectivity index (χ0) is 25.3. The van der Waals surface area contributed by atoms with Crippen LogP contribution in [0.1, 0.15) is 5.69 Å². The molecule has 3 aromatic heterocycles. The number of benzene rings is 2. The third-order valence-corrected chi connectivity index (χ3v) is 7.03. The molecule has 0 aliphatic rings. The summed E-state index contributed by atoms with van der Waals surface area (Å²) in [6.45, 7) is 0.444. The second kappa shape index (κ2) is 9.56. The lowest BCUT2D eigenvalue weighted by molar-refractivity contribution is 0.601. The highest BCUT2D eigenvalue weighted by molar-refractivity contribution is 7.90. The van der Waals surface area contributed by atoms with Crippen molar-refractivity contribution in [3.63, 3.8) is 0 Å². The summed E-state index contributed by atoms with van der Waals surface area (Å²) < 4.78 is 23.6. The van der Waals surface area contributed by atoms with Crippen LogP contribution >= 0.6 is 11.6 Å². The first-order valence-corrected chi connectivity index (χ1v) is 13.3. The second-order valence-electron chi connectivity index (χ2n) is 8.27. The van der Waals surface area contributed by atoms with Crippen LogP contribution in [0.4, 0.5) is 11.5 Å². The van der Waals surface area contributed by atoms with E-state index in [1.165, 1.54) is 6.20 Å². The Balaban J connectivity index is 1.50. The van der Waals surface area contributed by atoms with Gasteiger partial charge in [-0.1, -0.05) is 41.9 Å². The van der Waals surface area contributed by atoms with Gasteiger partial charge in [0, 0.05) is 41.9 Å². The number of rotatable bonds is 7. The molecular weight excluding hydrogens is 498 g/mol. The van der Waals surface area contributed by atoms with E-state index in [1.54, 1.807) is 18.5 Å². The van der Waals surface area contributed by atoms with Crippen molar-refractivity contribution in [1.29, 1.82) is 0 Å². The van der Waals surface area contributed by atoms with Gasteiger partial charge in [0.05, 0.1) is 50.6 Å². The third kappa shape index (κ3) is 4.86. The number of nitrogens with zero attached hydrogens (tertiary/aromatic N) is 4. The molecule has 11 heteroatoms. The zero-order valence-electron chi connectivity index (χ0n) is 19.2. The summed E-state index contributed by atoms with van der Waals surface area (Å²) in [5, 5.41) is 11.6. The number of nitrogens with two attached hydrogens (primary N) is 1. The van der Waals surface area contributed by atoms with Gasteiger partial charge in [0.2, 0.25) is 0 Å². The molecule has 5 rings (SSSR count). The largest absolute Gasteiger partial charge is 0.383 e. The van der Waals surface area contributed by atoms with E-state index in [-0.39, 0.29) is 4.90 Å². The predicted octanol–water partition coefficient (Wildman–Crippen LogP) is 4.38. The van der Waals surface area contributed by atoms with Gasteiger partial charge in [0.25, 0.3) is 0 Å². The monoisotopic (exact) mass is 519 g/mol.